The normalized spacial score (nSPS) is 10.3. The highest BCUT2D eigenvalue weighted by atomic mass is 35.5. The summed E-state index contributed by atoms with van der Waals surface area (Å²) < 4.78 is 4.64. The van der Waals surface area contributed by atoms with E-state index in [1.165, 1.54) is 7.11 Å². The molecule has 2 rings (SSSR count). The number of benzene rings is 2. The van der Waals surface area contributed by atoms with Crippen LogP contribution in [0.4, 0.5) is 5.69 Å². The summed E-state index contributed by atoms with van der Waals surface area (Å²) in [6.07, 6.45) is 0. The van der Waals surface area contributed by atoms with Crippen molar-refractivity contribution in [3.8, 4) is 0 Å². The number of nitrogens with one attached hydrogen (secondary N) is 1. The van der Waals surface area contributed by atoms with Gasteiger partial charge in [-0.25, -0.2) is 4.79 Å². The van der Waals surface area contributed by atoms with Crippen LogP contribution in [0.25, 0.3) is 0 Å². The summed E-state index contributed by atoms with van der Waals surface area (Å²) in [6, 6.07) is 10.3. The maximum absolute atomic E-state index is 11.3. The van der Waals surface area contributed by atoms with Crippen molar-refractivity contribution in [3.63, 3.8) is 0 Å². The molecule has 1 N–H and O–H groups in total. The minimum Gasteiger partial charge on any atom is -0.465 e. The van der Waals surface area contributed by atoms with Gasteiger partial charge in [-0.15, -0.1) is 0 Å². The van der Waals surface area contributed by atoms with Crippen molar-refractivity contribution in [2.24, 2.45) is 0 Å². The molecule has 0 aliphatic heterocycles. The molecule has 110 valence electrons. The Balaban J connectivity index is 2.10. The minimum atomic E-state index is -0.373. The van der Waals surface area contributed by atoms with Crippen molar-refractivity contribution in [1.82, 2.24) is 0 Å². The van der Waals surface area contributed by atoms with Gasteiger partial charge in [0.25, 0.3) is 0 Å². The van der Waals surface area contributed by atoms with E-state index < -0.39 is 0 Å². The van der Waals surface area contributed by atoms with E-state index in [2.05, 4.69) is 10.1 Å². The van der Waals surface area contributed by atoms with Crippen LogP contribution in [0.1, 0.15) is 15.9 Å². The molecule has 0 aromatic heterocycles. The first-order valence-electron chi connectivity index (χ1n) is 6.07. The van der Waals surface area contributed by atoms with Crippen LogP contribution in [0.5, 0.6) is 0 Å². The quantitative estimate of drug-likeness (QED) is 0.623. The van der Waals surface area contributed by atoms with Gasteiger partial charge in [-0.3, -0.25) is 0 Å². The number of esters is 1. The standard InChI is InChI=1S/C15H12Cl3NO2/c1-21-15(20)9-2-4-10(5-3-9)19-8-11-12(16)6-7-13(17)14(11)18/h2-7,19H,8H2,1H3. The maximum Gasteiger partial charge on any atom is 0.337 e. The molecule has 0 aliphatic rings. The first-order chi connectivity index (χ1) is 10.0. The van der Waals surface area contributed by atoms with Crippen molar-refractivity contribution < 1.29 is 9.53 Å². The van der Waals surface area contributed by atoms with Gasteiger partial charge < -0.3 is 10.1 Å². The second-order valence-electron chi connectivity index (χ2n) is 4.24. The van der Waals surface area contributed by atoms with E-state index in [-0.39, 0.29) is 5.97 Å². The van der Waals surface area contributed by atoms with E-state index in [9.17, 15) is 4.79 Å². The second kappa shape index (κ2) is 7.03. The van der Waals surface area contributed by atoms with Crippen LogP contribution in [-0.4, -0.2) is 13.1 Å². The summed E-state index contributed by atoms with van der Waals surface area (Å²) in [6.45, 7) is 0.426. The molecule has 0 bridgehead atoms. The molecule has 0 saturated heterocycles. The van der Waals surface area contributed by atoms with Gasteiger partial charge in [-0.05, 0) is 36.4 Å². The van der Waals surface area contributed by atoms with Gasteiger partial charge in [0, 0.05) is 22.8 Å². The highest BCUT2D eigenvalue weighted by Gasteiger charge is 2.10. The summed E-state index contributed by atoms with van der Waals surface area (Å²) in [5, 5.41) is 4.61. The highest BCUT2D eigenvalue weighted by Crippen LogP contribution is 2.31. The second-order valence-corrected chi connectivity index (χ2v) is 5.44. The van der Waals surface area contributed by atoms with Gasteiger partial charge in [-0.1, -0.05) is 34.8 Å². The third kappa shape index (κ3) is 3.82. The summed E-state index contributed by atoms with van der Waals surface area (Å²) in [4.78, 5) is 11.3. The molecule has 0 amide bonds. The lowest BCUT2D eigenvalue weighted by atomic mass is 10.2. The number of ether oxygens (including phenoxy) is 1. The lowest BCUT2D eigenvalue weighted by molar-refractivity contribution is 0.0601. The molecule has 6 heteroatoms. The number of carbonyl (C=O) groups excluding carboxylic acids is 1. The van der Waals surface area contributed by atoms with Crippen LogP contribution < -0.4 is 5.32 Å². The summed E-state index contributed by atoms with van der Waals surface area (Å²) >= 11 is 18.2. The molecule has 2 aromatic carbocycles. The predicted octanol–water partition coefficient (Wildman–Crippen LogP) is 5.05. The van der Waals surface area contributed by atoms with E-state index in [0.717, 1.165) is 11.3 Å². The Labute approximate surface area is 137 Å². The predicted molar refractivity (Wildman–Crippen MR) is 86.6 cm³/mol. The maximum atomic E-state index is 11.3. The highest BCUT2D eigenvalue weighted by molar-refractivity contribution is 6.44. The van der Waals surface area contributed by atoms with Gasteiger partial charge in [0.15, 0.2) is 0 Å². The van der Waals surface area contributed by atoms with Crippen molar-refractivity contribution in [3.05, 3.63) is 62.6 Å². The number of anilines is 1. The molecule has 2 aromatic rings. The van der Waals surface area contributed by atoms with Crippen molar-refractivity contribution >= 4 is 46.5 Å². The number of methoxy groups -OCH3 is 1. The molecule has 3 nitrogen and oxygen atoms in total. The molecule has 0 atom stereocenters. The molecule has 0 unspecified atom stereocenters. The smallest absolute Gasteiger partial charge is 0.337 e. The number of carbonyl (C=O) groups is 1. The number of halogens is 3. The van der Waals surface area contributed by atoms with Crippen LogP contribution in [-0.2, 0) is 11.3 Å². The Bertz CT molecular complexity index is 657. The first kappa shape index (κ1) is 16.0. The van der Waals surface area contributed by atoms with E-state index in [1.807, 2.05) is 0 Å². The summed E-state index contributed by atoms with van der Waals surface area (Å²) in [5.41, 5.74) is 2.04. The molecule has 21 heavy (non-hydrogen) atoms. The molecule has 0 aliphatic carbocycles. The van der Waals surface area contributed by atoms with E-state index in [1.54, 1.807) is 36.4 Å². The largest absolute Gasteiger partial charge is 0.465 e. The molecular formula is C15H12Cl3NO2. The number of hydrogen-bond acceptors (Lipinski definition) is 3. The third-order valence-corrected chi connectivity index (χ3v) is 4.11. The Hall–Kier alpha value is -1.42. The van der Waals surface area contributed by atoms with Gasteiger partial charge in [0.05, 0.1) is 22.7 Å². The van der Waals surface area contributed by atoms with Gasteiger partial charge in [0.2, 0.25) is 0 Å². The molecule has 0 saturated carbocycles. The molecule has 0 heterocycles. The summed E-state index contributed by atoms with van der Waals surface area (Å²) in [7, 11) is 1.34. The van der Waals surface area contributed by atoms with Gasteiger partial charge in [-0.2, -0.15) is 0 Å². The molecule has 0 spiro atoms. The molecule has 0 fully saturated rings. The van der Waals surface area contributed by atoms with Crippen LogP contribution in [0, 0.1) is 0 Å². The van der Waals surface area contributed by atoms with Crippen molar-refractivity contribution in [1.29, 1.82) is 0 Å². The Kier molecular flexibility index (Phi) is 5.34. The average Bonchev–Trinajstić information content (AvgIpc) is 2.51. The van der Waals surface area contributed by atoms with E-state index in [4.69, 9.17) is 34.8 Å². The molecule has 0 radical (unpaired) electrons. The van der Waals surface area contributed by atoms with E-state index in [0.29, 0.717) is 27.2 Å². The van der Waals surface area contributed by atoms with E-state index >= 15 is 0 Å². The zero-order valence-electron chi connectivity index (χ0n) is 11.1. The lowest BCUT2D eigenvalue weighted by Crippen LogP contribution is -2.03. The fraction of sp³-hybridized carbons (Fsp3) is 0.133. The Morgan fingerprint density at radius 3 is 2.29 bits per heavy atom. The first-order valence-corrected chi connectivity index (χ1v) is 7.21. The van der Waals surface area contributed by atoms with Gasteiger partial charge in [0.1, 0.15) is 0 Å². The third-order valence-electron chi connectivity index (χ3n) is 2.91. The monoisotopic (exact) mass is 343 g/mol. The molecular weight excluding hydrogens is 333 g/mol. The van der Waals surface area contributed by atoms with Crippen molar-refractivity contribution in [2.75, 3.05) is 12.4 Å². The van der Waals surface area contributed by atoms with Crippen LogP contribution >= 0.6 is 34.8 Å². The SMILES string of the molecule is COC(=O)c1ccc(NCc2c(Cl)ccc(Cl)c2Cl)cc1. The topological polar surface area (TPSA) is 38.3 Å². The number of rotatable bonds is 4. The van der Waals surface area contributed by atoms with Crippen LogP contribution in [0.15, 0.2) is 36.4 Å². The van der Waals surface area contributed by atoms with Gasteiger partial charge >= 0.3 is 5.97 Å². The zero-order valence-corrected chi connectivity index (χ0v) is 13.4. The minimum absolute atomic E-state index is 0.373. The Morgan fingerprint density at radius 2 is 1.67 bits per heavy atom. The fourth-order valence-corrected chi connectivity index (χ4v) is 2.44. The summed E-state index contributed by atoms with van der Waals surface area (Å²) in [5.74, 6) is -0.373. The zero-order chi connectivity index (χ0) is 15.4. The fourth-order valence-electron chi connectivity index (χ4n) is 1.76. The van der Waals surface area contributed by atoms with Crippen LogP contribution in [0.2, 0.25) is 15.1 Å². The average molecular weight is 345 g/mol. The lowest BCUT2D eigenvalue weighted by Gasteiger charge is -2.11. The Morgan fingerprint density at radius 1 is 1.05 bits per heavy atom. The number of hydrogen-bond donors (Lipinski definition) is 1. The van der Waals surface area contributed by atoms with Crippen molar-refractivity contribution in [2.45, 2.75) is 6.54 Å². The van der Waals surface area contributed by atoms with Crippen LogP contribution in [0.3, 0.4) is 0 Å².